The van der Waals surface area contributed by atoms with Gasteiger partial charge in [0.05, 0.1) is 18.1 Å². The first-order valence-electron chi connectivity index (χ1n) is 7.90. The van der Waals surface area contributed by atoms with Crippen molar-refractivity contribution < 1.29 is 14.3 Å². The largest absolute Gasteiger partial charge is 0.454 e. The van der Waals surface area contributed by atoms with Crippen molar-refractivity contribution in [3.05, 3.63) is 60.5 Å². The minimum absolute atomic E-state index is 0.220. The first-order chi connectivity index (χ1) is 12.7. The lowest BCUT2D eigenvalue weighted by Gasteiger charge is -2.05. The fourth-order valence-electron chi connectivity index (χ4n) is 2.47. The average molecular weight is 349 g/mol. The van der Waals surface area contributed by atoms with Gasteiger partial charge in [-0.05, 0) is 30.7 Å². The maximum absolute atomic E-state index is 12.1. The Morgan fingerprint density at radius 3 is 2.77 bits per heavy atom. The summed E-state index contributed by atoms with van der Waals surface area (Å²) < 4.78 is 12.3. The molecule has 0 atom stereocenters. The van der Waals surface area contributed by atoms with E-state index in [1.54, 1.807) is 35.4 Å². The molecule has 130 valence electrons. The second-order valence-corrected chi connectivity index (χ2v) is 5.55. The van der Waals surface area contributed by atoms with E-state index in [1.807, 2.05) is 25.1 Å². The van der Waals surface area contributed by atoms with E-state index >= 15 is 0 Å². The van der Waals surface area contributed by atoms with Gasteiger partial charge in [-0.2, -0.15) is 0 Å². The first kappa shape index (κ1) is 15.8. The van der Waals surface area contributed by atoms with Gasteiger partial charge in [-0.3, -0.25) is 9.36 Å². The van der Waals surface area contributed by atoms with E-state index in [-0.39, 0.29) is 12.7 Å². The van der Waals surface area contributed by atoms with Gasteiger partial charge in [-0.15, -0.1) is 0 Å². The Morgan fingerprint density at radius 2 is 2.00 bits per heavy atom. The topological polar surface area (TPSA) is 91.2 Å². The Labute approximate surface area is 149 Å². The van der Waals surface area contributed by atoms with Crippen LogP contribution in [0.2, 0.25) is 0 Å². The molecular weight excluding hydrogens is 334 g/mol. The van der Waals surface area contributed by atoms with Gasteiger partial charge in [0.15, 0.2) is 11.5 Å². The summed E-state index contributed by atoms with van der Waals surface area (Å²) in [6.07, 6.45) is 9.68. The van der Waals surface area contributed by atoms with Crippen LogP contribution < -0.4 is 14.8 Å². The number of aryl methyl sites for hydroxylation is 1. The second-order valence-electron chi connectivity index (χ2n) is 5.55. The zero-order chi connectivity index (χ0) is 17.9. The number of nitrogens with zero attached hydrogens (tertiary/aromatic N) is 4. The predicted molar refractivity (Wildman–Crippen MR) is 94.1 cm³/mol. The van der Waals surface area contributed by atoms with Crippen LogP contribution in [0.4, 0.5) is 5.69 Å². The standard InChI is InChI=1S/C18H15N5O3/c1-12-19-6-7-23(12)18-20-9-14(10-21-18)22-17(24)5-3-13-2-4-15-16(8-13)26-11-25-15/h2-10H,11H2,1H3,(H,22,24)/b5-3+. The van der Waals surface area contributed by atoms with Crippen LogP contribution in [-0.2, 0) is 4.79 Å². The molecule has 0 unspecified atom stereocenters. The number of ether oxygens (including phenoxy) is 2. The number of imidazole rings is 1. The minimum Gasteiger partial charge on any atom is -0.454 e. The zero-order valence-corrected chi connectivity index (χ0v) is 13.9. The van der Waals surface area contributed by atoms with Gasteiger partial charge in [0, 0.05) is 18.5 Å². The quantitative estimate of drug-likeness (QED) is 0.727. The molecule has 3 heterocycles. The molecular formula is C18H15N5O3. The highest BCUT2D eigenvalue weighted by atomic mass is 16.7. The van der Waals surface area contributed by atoms with Crippen molar-refractivity contribution in [3.8, 4) is 17.4 Å². The van der Waals surface area contributed by atoms with Crippen LogP contribution >= 0.6 is 0 Å². The monoisotopic (exact) mass is 349 g/mol. The number of carbonyl (C=O) groups excluding carboxylic acids is 1. The Balaban J connectivity index is 1.41. The lowest BCUT2D eigenvalue weighted by atomic mass is 10.2. The number of anilines is 1. The van der Waals surface area contributed by atoms with Crippen molar-refractivity contribution in [1.82, 2.24) is 19.5 Å². The van der Waals surface area contributed by atoms with Crippen molar-refractivity contribution in [2.45, 2.75) is 6.92 Å². The second kappa shape index (κ2) is 6.67. The van der Waals surface area contributed by atoms with Gasteiger partial charge >= 0.3 is 0 Å². The number of fused-ring (bicyclic) bond motifs is 1. The maximum atomic E-state index is 12.1. The minimum atomic E-state index is -0.280. The van der Waals surface area contributed by atoms with E-state index in [4.69, 9.17) is 9.47 Å². The van der Waals surface area contributed by atoms with Crippen LogP contribution in [0.1, 0.15) is 11.4 Å². The van der Waals surface area contributed by atoms with Crippen molar-refractivity contribution in [2.24, 2.45) is 0 Å². The lowest BCUT2D eigenvalue weighted by Crippen LogP contribution is -2.09. The summed E-state index contributed by atoms with van der Waals surface area (Å²) in [6.45, 7) is 2.08. The van der Waals surface area contributed by atoms with Crippen LogP contribution in [0.15, 0.2) is 49.1 Å². The summed E-state index contributed by atoms with van der Waals surface area (Å²) in [7, 11) is 0. The lowest BCUT2D eigenvalue weighted by molar-refractivity contribution is -0.111. The van der Waals surface area contributed by atoms with Crippen LogP contribution in [0, 0.1) is 6.92 Å². The van der Waals surface area contributed by atoms with Crippen LogP contribution in [0.25, 0.3) is 12.0 Å². The molecule has 1 N–H and O–H groups in total. The molecule has 0 bridgehead atoms. The molecule has 0 saturated carbocycles. The smallest absolute Gasteiger partial charge is 0.248 e. The summed E-state index contributed by atoms with van der Waals surface area (Å²) in [6, 6.07) is 5.48. The van der Waals surface area contributed by atoms with E-state index in [0.29, 0.717) is 23.1 Å². The molecule has 0 fully saturated rings. The molecule has 1 aliphatic rings. The molecule has 3 aromatic rings. The molecule has 0 radical (unpaired) electrons. The van der Waals surface area contributed by atoms with Gasteiger partial charge in [-0.1, -0.05) is 6.07 Å². The Kier molecular flexibility index (Phi) is 4.06. The van der Waals surface area contributed by atoms with Crippen LogP contribution in [-0.4, -0.2) is 32.2 Å². The Bertz CT molecular complexity index is 979. The summed E-state index contributed by atoms with van der Waals surface area (Å²) in [5.74, 6) is 2.38. The molecule has 1 aromatic carbocycles. The highest BCUT2D eigenvalue weighted by Gasteiger charge is 2.12. The third-order valence-electron chi connectivity index (χ3n) is 3.77. The van der Waals surface area contributed by atoms with Crippen LogP contribution in [0.5, 0.6) is 11.5 Å². The first-order valence-corrected chi connectivity index (χ1v) is 7.90. The SMILES string of the molecule is Cc1nccn1-c1ncc(NC(=O)/C=C/c2ccc3c(c2)OCO3)cn1. The van der Waals surface area contributed by atoms with E-state index in [9.17, 15) is 4.79 Å². The van der Waals surface area contributed by atoms with Crippen molar-refractivity contribution in [2.75, 3.05) is 12.1 Å². The Hall–Kier alpha value is -3.68. The van der Waals surface area contributed by atoms with Crippen molar-refractivity contribution in [1.29, 1.82) is 0 Å². The molecule has 0 aliphatic carbocycles. The van der Waals surface area contributed by atoms with Gasteiger partial charge < -0.3 is 14.8 Å². The van der Waals surface area contributed by atoms with E-state index in [1.165, 1.54) is 6.08 Å². The summed E-state index contributed by atoms with van der Waals surface area (Å²) in [4.78, 5) is 24.7. The van der Waals surface area contributed by atoms with E-state index in [0.717, 1.165) is 11.4 Å². The molecule has 4 rings (SSSR count). The Morgan fingerprint density at radius 1 is 1.19 bits per heavy atom. The van der Waals surface area contributed by atoms with Gasteiger partial charge in [-0.25, -0.2) is 15.0 Å². The number of aromatic nitrogens is 4. The average Bonchev–Trinajstić information content (AvgIpc) is 3.29. The molecule has 0 saturated heterocycles. The number of benzene rings is 1. The third kappa shape index (κ3) is 3.25. The van der Waals surface area contributed by atoms with E-state index in [2.05, 4.69) is 20.3 Å². The summed E-state index contributed by atoms with van der Waals surface area (Å²) in [5.41, 5.74) is 1.35. The fourth-order valence-corrected chi connectivity index (χ4v) is 2.47. The zero-order valence-electron chi connectivity index (χ0n) is 13.9. The summed E-state index contributed by atoms with van der Waals surface area (Å²) in [5, 5.41) is 2.72. The normalized spacial score (nSPS) is 12.5. The molecule has 1 aliphatic heterocycles. The van der Waals surface area contributed by atoms with Gasteiger partial charge in [0.2, 0.25) is 18.6 Å². The van der Waals surface area contributed by atoms with E-state index < -0.39 is 0 Å². The summed E-state index contributed by atoms with van der Waals surface area (Å²) >= 11 is 0. The molecule has 8 heteroatoms. The molecule has 1 amide bonds. The molecule has 2 aromatic heterocycles. The third-order valence-corrected chi connectivity index (χ3v) is 3.77. The van der Waals surface area contributed by atoms with Gasteiger partial charge in [0.25, 0.3) is 0 Å². The number of hydrogen-bond acceptors (Lipinski definition) is 6. The highest BCUT2D eigenvalue weighted by Crippen LogP contribution is 2.32. The van der Waals surface area contributed by atoms with Crippen molar-refractivity contribution >= 4 is 17.7 Å². The number of amides is 1. The molecule has 0 spiro atoms. The van der Waals surface area contributed by atoms with Gasteiger partial charge in [0.1, 0.15) is 5.82 Å². The van der Waals surface area contributed by atoms with Crippen LogP contribution in [0.3, 0.4) is 0 Å². The number of carbonyl (C=O) groups is 1. The number of rotatable bonds is 4. The molecule has 8 nitrogen and oxygen atoms in total. The predicted octanol–water partition coefficient (Wildman–Crippen LogP) is 2.35. The number of nitrogens with one attached hydrogen (secondary N) is 1. The number of hydrogen-bond donors (Lipinski definition) is 1. The highest BCUT2D eigenvalue weighted by molar-refractivity contribution is 6.01. The van der Waals surface area contributed by atoms with Crippen molar-refractivity contribution in [3.63, 3.8) is 0 Å². The maximum Gasteiger partial charge on any atom is 0.248 e. The molecule has 26 heavy (non-hydrogen) atoms. The fraction of sp³-hybridized carbons (Fsp3) is 0.111.